The molecule has 0 unspecified atom stereocenters. The predicted molar refractivity (Wildman–Crippen MR) is 67.9 cm³/mol. The van der Waals surface area contributed by atoms with E-state index >= 15 is 0 Å². The Bertz CT molecular complexity index is 329. The summed E-state index contributed by atoms with van der Waals surface area (Å²) in [6.45, 7) is 8.09. The van der Waals surface area contributed by atoms with E-state index in [9.17, 15) is 0 Å². The fourth-order valence-corrected chi connectivity index (χ4v) is 2.11. The molecule has 1 N–H and O–H groups in total. The van der Waals surface area contributed by atoms with Crippen LogP contribution in [-0.4, -0.2) is 29.5 Å². The third-order valence-corrected chi connectivity index (χ3v) is 3.27. The second-order valence-corrected chi connectivity index (χ2v) is 5.07. The molecular formula is C13H23N3O. The quantitative estimate of drug-likeness (QED) is 0.851. The molecule has 1 saturated heterocycles. The first-order valence-electron chi connectivity index (χ1n) is 6.58. The monoisotopic (exact) mass is 237 g/mol. The van der Waals surface area contributed by atoms with Gasteiger partial charge in [-0.05, 0) is 45.2 Å². The first kappa shape index (κ1) is 12.6. The highest BCUT2D eigenvalue weighted by molar-refractivity contribution is 4.99. The van der Waals surface area contributed by atoms with Gasteiger partial charge in [0.05, 0.1) is 5.69 Å². The molecule has 1 aromatic rings. The molecule has 0 radical (unpaired) electrons. The Balaban J connectivity index is 1.70. The minimum Gasteiger partial charge on any atom is -0.381 e. The van der Waals surface area contributed by atoms with Crippen LogP contribution in [0, 0.1) is 5.92 Å². The van der Waals surface area contributed by atoms with Gasteiger partial charge in [-0.3, -0.25) is 4.68 Å². The van der Waals surface area contributed by atoms with Crippen molar-refractivity contribution in [1.82, 2.24) is 15.1 Å². The van der Waals surface area contributed by atoms with Gasteiger partial charge in [0, 0.05) is 32.0 Å². The minimum absolute atomic E-state index is 0.444. The van der Waals surface area contributed by atoms with Crippen LogP contribution in [0.4, 0.5) is 0 Å². The SMILES string of the molecule is CC(C)n1ccc(CNCC2CCOCC2)n1. The van der Waals surface area contributed by atoms with E-state index in [1.807, 2.05) is 4.68 Å². The Labute approximate surface area is 103 Å². The molecule has 2 heterocycles. The van der Waals surface area contributed by atoms with E-state index in [1.54, 1.807) is 0 Å². The van der Waals surface area contributed by atoms with Gasteiger partial charge >= 0.3 is 0 Å². The lowest BCUT2D eigenvalue weighted by Crippen LogP contribution is -2.27. The van der Waals surface area contributed by atoms with Gasteiger partial charge in [0.2, 0.25) is 0 Å². The van der Waals surface area contributed by atoms with Crippen LogP contribution in [0.5, 0.6) is 0 Å². The van der Waals surface area contributed by atoms with Crippen LogP contribution in [-0.2, 0) is 11.3 Å². The molecule has 0 aromatic carbocycles. The topological polar surface area (TPSA) is 39.1 Å². The standard InChI is InChI=1S/C13H23N3O/c1-11(2)16-6-3-13(15-16)10-14-9-12-4-7-17-8-5-12/h3,6,11-12,14H,4-5,7-10H2,1-2H3. The van der Waals surface area contributed by atoms with Crippen LogP contribution < -0.4 is 5.32 Å². The maximum atomic E-state index is 5.35. The maximum absolute atomic E-state index is 5.35. The van der Waals surface area contributed by atoms with Gasteiger partial charge < -0.3 is 10.1 Å². The fourth-order valence-electron chi connectivity index (χ4n) is 2.11. The third-order valence-electron chi connectivity index (χ3n) is 3.27. The molecule has 1 fully saturated rings. The summed E-state index contributed by atoms with van der Waals surface area (Å²) < 4.78 is 7.36. The van der Waals surface area contributed by atoms with Gasteiger partial charge in [-0.25, -0.2) is 0 Å². The van der Waals surface area contributed by atoms with Crippen LogP contribution in [0.15, 0.2) is 12.3 Å². The van der Waals surface area contributed by atoms with Gasteiger partial charge in [0.1, 0.15) is 0 Å². The summed E-state index contributed by atoms with van der Waals surface area (Å²) in [6, 6.07) is 2.54. The summed E-state index contributed by atoms with van der Waals surface area (Å²) in [5.74, 6) is 0.774. The van der Waals surface area contributed by atoms with E-state index in [1.165, 1.54) is 12.8 Å². The number of ether oxygens (including phenoxy) is 1. The molecule has 1 aromatic heterocycles. The van der Waals surface area contributed by atoms with E-state index in [0.717, 1.165) is 37.9 Å². The highest BCUT2D eigenvalue weighted by Gasteiger charge is 2.13. The number of hydrogen-bond acceptors (Lipinski definition) is 3. The van der Waals surface area contributed by atoms with Crippen LogP contribution in [0.3, 0.4) is 0 Å². The molecule has 4 nitrogen and oxygen atoms in total. The molecule has 0 amide bonds. The van der Waals surface area contributed by atoms with Gasteiger partial charge in [-0.1, -0.05) is 0 Å². The second kappa shape index (κ2) is 6.17. The molecule has 0 saturated carbocycles. The molecular weight excluding hydrogens is 214 g/mol. The lowest BCUT2D eigenvalue weighted by Gasteiger charge is -2.21. The molecule has 0 bridgehead atoms. The van der Waals surface area contributed by atoms with Gasteiger partial charge in [-0.2, -0.15) is 5.10 Å². The van der Waals surface area contributed by atoms with E-state index in [4.69, 9.17) is 4.74 Å². The summed E-state index contributed by atoms with van der Waals surface area (Å²) in [4.78, 5) is 0. The molecule has 0 spiro atoms. The molecule has 0 aliphatic carbocycles. The van der Waals surface area contributed by atoms with Crippen molar-refractivity contribution in [2.75, 3.05) is 19.8 Å². The fraction of sp³-hybridized carbons (Fsp3) is 0.769. The largest absolute Gasteiger partial charge is 0.381 e. The van der Waals surface area contributed by atoms with Crippen molar-refractivity contribution in [3.05, 3.63) is 18.0 Å². The van der Waals surface area contributed by atoms with Crippen LogP contribution in [0.1, 0.15) is 38.4 Å². The van der Waals surface area contributed by atoms with E-state index in [0.29, 0.717) is 6.04 Å². The summed E-state index contributed by atoms with van der Waals surface area (Å²) in [6.07, 6.45) is 4.43. The summed E-state index contributed by atoms with van der Waals surface area (Å²) in [5, 5.41) is 8.01. The first-order valence-corrected chi connectivity index (χ1v) is 6.58. The molecule has 0 atom stereocenters. The Morgan fingerprint density at radius 1 is 1.47 bits per heavy atom. The zero-order valence-corrected chi connectivity index (χ0v) is 10.9. The summed E-state index contributed by atoms with van der Waals surface area (Å²) in [5.41, 5.74) is 1.13. The lowest BCUT2D eigenvalue weighted by molar-refractivity contribution is 0.0662. The van der Waals surface area contributed by atoms with Crippen molar-refractivity contribution in [1.29, 1.82) is 0 Å². The van der Waals surface area contributed by atoms with Crippen molar-refractivity contribution in [2.24, 2.45) is 5.92 Å². The molecule has 4 heteroatoms. The molecule has 17 heavy (non-hydrogen) atoms. The zero-order chi connectivity index (χ0) is 12.1. The maximum Gasteiger partial charge on any atom is 0.0762 e. The number of aromatic nitrogens is 2. The zero-order valence-electron chi connectivity index (χ0n) is 10.9. The number of nitrogens with one attached hydrogen (secondary N) is 1. The minimum atomic E-state index is 0.444. The highest BCUT2D eigenvalue weighted by atomic mass is 16.5. The predicted octanol–water partition coefficient (Wildman–Crippen LogP) is 1.98. The lowest BCUT2D eigenvalue weighted by atomic mass is 10.0. The van der Waals surface area contributed by atoms with E-state index in [-0.39, 0.29) is 0 Å². The van der Waals surface area contributed by atoms with Crippen LogP contribution >= 0.6 is 0 Å². The summed E-state index contributed by atoms with van der Waals surface area (Å²) in [7, 11) is 0. The normalized spacial score (nSPS) is 17.8. The molecule has 1 aliphatic heterocycles. The Morgan fingerprint density at radius 3 is 2.88 bits per heavy atom. The molecule has 1 aliphatic rings. The summed E-state index contributed by atoms with van der Waals surface area (Å²) >= 11 is 0. The Kier molecular flexibility index (Phi) is 4.57. The van der Waals surface area contributed by atoms with Gasteiger partial charge in [0.25, 0.3) is 0 Å². The first-order chi connectivity index (χ1) is 8.25. The number of rotatable bonds is 5. The average Bonchev–Trinajstić information content (AvgIpc) is 2.79. The molecule has 96 valence electrons. The van der Waals surface area contributed by atoms with Crippen molar-refractivity contribution < 1.29 is 4.74 Å². The average molecular weight is 237 g/mol. The van der Waals surface area contributed by atoms with E-state index < -0.39 is 0 Å². The van der Waals surface area contributed by atoms with Crippen LogP contribution in [0.2, 0.25) is 0 Å². The third kappa shape index (κ3) is 3.82. The van der Waals surface area contributed by atoms with Crippen molar-refractivity contribution in [3.63, 3.8) is 0 Å². The Hall–Kier alpha value is -0.870. The van der Waals surface area contributed by atoms with Crippen molar-refractivity contribution in [2.45, 2.75) is 39.3 Å². The number of nitrogens with zero attached hydrogens (tertiary/aromatic N) is 2. The second-order valence-electron chi connectivity index (χ2n) is 5.07. The number of hydrogen-bond donors (Lipinski definition) is 1. The van der Waals surface area contributed by atoms with E-state index in [2.05, 4.69) is 36.5 Å². The van der Waals surface area contributed by atoms with Crippen molar-refractivity contribution in [3.8, 4) is 0 Å². The highest BCUT2D eigenvalue weighted by Crippen LogP contribution is 2.13. The van der Waals surface area contributed by atoms with Gasteiger partial charge in [-0.15, -0.1) is 0 Å². The smallest absolute Gasteiger partial charge is 0.0762 e. The Morgan fingerprint density at radius 2 is 2.24 bits per heavy atom. The molecule has 2 rings (SSSR count). The van der Waals surface area contributed by atoms with Gasteiger partial charge in [0.15, 0.2) is 0 Å². The van der Waals surface area contributed by atoms with Crippen molar-refractivity contribution >= 4 is 0 Å². The van der Waals surface area contributed by atoms with Crippen LogP contribution in [0.25, 0.3) is 0 Å².